The summed E-state index contributed by atoms with van der Waals surface area (Å²) in [4.78, 5) is 24.3. The lowest BCUT2D eigenvalue weighted by Crippen LogP contribution is -2.27. The highest BCUT2D eigenvalue weighted by atomic mass is 19.4. The van der Waals surface area contributed by atoms with Crippen molar-refractivity contribution < 1.29 is 18.0 Å². The molecule has 0 aliphatic heterocycles. The van der Waals surface area contributed by atoms with Gasteiger partial charge in [-0.05, 0) is 23.8 Å². The molecule has 0 atom stereocenters. The third kappa shape index (κ3) is 2.83. The third-order valence-electron chi connectivity index (χ3n) is 2.89. The SMILES string of the molecule is N#Cc1cccc(-c2cc(C(N)=O)c(=O)[nH]c2C(F)(F)F)c1. The Morgan fingerprint density at radius 3 is 2.50 bits per heavy atom. The van der Waals surface area contributed by atoms with Gasteiger partial charge in [0.15, 0.2) is 0 Å². The van der Waals surface area contributed by atoms with E-state index in [4.69, 9.17) is 11.0 Å². The van der Waals surface area contributed by atoms with Crippen molar-refractivity contribution in [3.8, 4) is 17.2 Å². The largest absolute Gasteiger partial charge is 0.431 e. The van der Waals surface area contributed by atoms with Gasteiger partial charge in [-0.3, -0.25) is 9.59 Å². The van der Waals surface area contributed by atoms with E-state index < -0.39 is 34.5 Å². The van der Waals surface area contributed by atoms with E-state index in [1.165, 1.54) is 24.3 Å². The Hall–Kier alpha value is -3.08. The Kier molecular flexibility index (Phi) is 3.73. The molecule has 5 nitrogen and oxygen atoms in total. The van der Waals surface area contributed by atoms with Crippen LogP contribution < -0.4 is 11.3 Å². The summed E-state index contributed by atoms with van der Waals surface area (Å²) < 4.78 is 39.2. The van der Waals surface area contributed by atoms with Gasteiger partial charge in [-0.1, -0.05) is 12.1 Å². The molecule has 0 aliphatic rings. The van der Waals surface area contributed by atoms with Crippen molar-refractivity contribution in [3.63, 3.8) is 0 Å². The highest BCUT2D eigenvalue weighted by Crippen LogP contribution is 2.35. The minimum atomic E-state index is -4.84. The number of carbonyl (C=O) groups excluding carboxylic acids is 1. The number of nitrogens with two attached hydrogens (primary N) is 1. The predicted octanol–water partition coefficient (Wildman–Crippen LogP) is 2.03. The Bertz CT molecular complexity index is 848. The fraction of sp³-hybridized carbons (Fsp3) is 0.0714. The number of aromatic nitrogens is 1. The number of aromatic amines is 1. The van der Waals surface area contributed by atoms with Crippen LogP contribution in [0.3, 0.4) is 0 Å². The highest BCUT2D eigenvalue weighted by molar-refractivity contribution is 5.94. The van der Waals surface area contributed by atoms with Gasteiger partial charge >= 0.3 is 6.18 Å². The second kappa shape index (κ2) is 5.37. The van der Waals surface area contributed by atoms with Crippen LogP contribution in [0.1, 0.15) is 21.6 Å². The Balaban J connectivity index is 2.82. The Morgan fingerprint density at radius 1 is 1.27 bits per heavy atom. The minimum absolute atomic E-state index is 0.0325. The minimum Gasteiger partial charge on any atom is -0.365 e. The van der Waals surface area contributed by atoms with Gasteiger partial charge in [0.2, 0.25) is 0 Å². The van der Waals surface area contributed by atoms with Crippen LogP contribution >= 0.6 is 0 Å². The molecule has 0 unspecified atom stereocenters. The summed E-state index contributed by atoms with van der Waals surface area (Å²) in [5.41, 5.74) is 1.60. The molecule has 0 fully saturated rings. The van der Waals surface area contributed by atoms with Crippen LogP contribution in [0.2, 0.25) is 0 Å². The summed E-state index contributed by atoms with van der Waals surface area (Å²) in [5, 5.41) is 8.82. The molecule has 0 aliphatic carbocycles. The van der Waals surface area contributed by atoms with Gasteiger partial charge in [0.05, 0.1) is 11.6 Å². The van der Waals surface area contributed by atoms with Crippen LogP contribution in [0, 0.1) is 11.3 Å². The zero-order valence-electron chi connectivity index (χ0n) is 10.9. The van der Waals surface area contributed by atoms with E-state index in [2.05, 4.69) is 0 Å². The molecule has 0 bridgehead atoms. The van der Waals surface area contributed by atoms with E-state index in [1.54, 1.807) is 11.1 Å². The molecule has 1 aromatic carbocycles. The molecule has 3 N–H and O–H groups in total. The maximum atomic E-state index is 13.1. The van der Waals surface area contributed by atoms with Crippen molar-refractivity contribution >= 4 is 5.91 Å². The Morgan fingerprint density at radius 2 is 1.95 bits per heavy atom. The summed E-state index contributed by atoms with van der Waals surface area (Å²) in [6, 6.07) is 7.93. The van der Waals surface area contributed by atoms with E-state index in [-0.39, 0.29) is 11.1 Å². The van der Waals surface area contributed by atoms with Crippen molar-refractivity contribution in [1.82, 2.24) is 4.98 Å². The number of nitrogens with one attached hydrogen (secondary N) is 1. The van der Waals surface area contributed by atoms with Gasteiger partial charge in [0.1, 0.15) is 11.3 Å². The fourth-order valence-corrected chi connectivity index (χ4v) is 1.92. The lowest BCUT2D eigenvalue weighted by Gasteiger charge is -2.13. The van der Waals surface area contributed by atoms with E-state index >= 15 is 0 Å². The van der Waals surface area contributed by atoms with Gasteiger partial charge in [-0.15, -0.1) is 0 Å². The number of H-pyrrole nitrogens is 1. The van der Waals surface area contributed by atoms with E-state index in [1.807, 2.05) is 0 Å². The monoisotopic (exact) mass is 307 g/mol. The second-order valence-electron chi connectivity index (χ2n) is 4.36. The number of hydrogen-bond donors (Lipinski definition) is 2. The Labute approximate surface area is 121 Å². The van der Waals surface area contributed by atoms with Gasteiger partial charge in [0, 0.05) is 5.56 Å². The first-order valence-corrected chi connectivity index (χ1v) is 5.89. The summed E-state index contributed by atoms with van der Waals surface area (Å²) in [5.74, 6) is -1.15. The number of alkyl halides is 3. The molecule has 0 spiro atoms. The summed E-state index contributed by atoms with van der Waals surface area (Å²) in [7, 11) is 0. The molecule has 8 heteroatoms. The van der Waals surface area contributed by atoms with Crippen molar-refractivity contribution in [2.45, 2.75) is 6.18 Å². The van der Waals surface area contributed by atoms with Gasteiger partial charge in [-0.25, -0.2) is 0 Å². The van der Waals surface area contributed by atoms with Crippen LogP contribution in [0.4, 0.5) is 13.2 Å². The average Bonchev–Trinajstić information content (AvgIpc) is 2.45. The number of nitrogens with zero attached hydrogens (tertiary/aromatic N) is 1. The summed E-state index contributed by atoms with van der Waals surface area (Å²) >= 11 is 0. The number of hydrogen-bond acceptors (Lipinski definition) is 3. The molecule has 0 radical (unpaired) electrons. The van der Waals surface area contributed by atoms with Crippen LogP contribution in [-0.2, 0) is 6.18 Å². The van der Waals surface area contributed by atoms with Crippen molar-refractivity contribution in [1.29, 1.82) is 5.26 Å². The molecule has 1 aromatic heterocycles. The smallest absolute Gasteiger partial charge is 0.365 e. The number of primary amides is 1. The first kappa shape index (κ1) is 15.3. The number of rotatable bonds is 2. The van der Waals surface area contributed by atoms with E-state index in [0.29, 0.717) is 0 Å². The fourth-order valence-electron chi connectivity index (χ4n) is 1.92. The topological polar surface area (TPSA) is 99.7 Å². The second-order valence-corrected chi connectivity index (χ2v) is 4.36. The molecule has 1 amide bonds. The predicted molar refractivity (Wildman–Crippen MR) is 70.7 cm³/mol. The molecule has 0 saturated heterocycles. The highest BCUT2D eigenvalue weighted by Gasteiger charge is 2.36. The molecule has 112 valence electrons. The van der Waals surface area contributed by atoms with Crippen LogP contribution in [0.25, 0.3) is 11.1 Å². The first-order valence-electron chi connectivity index (χ1n) is 5.89. The zero-order chi connectivity index (χ0) is 16.5. The first-order chi connectivity index (χ1) is 10.2. The van der Waals surface area contributed by atoms with Gasteiger partial charge < -0.3 is 10.7 Å². The number of carbonyl (C=O) groups is 1. The maximum Gasteiger partial charge on any atom is 0.431 e. The normalized spacial score (nSPS) is 11.0. The lowest BCUT2D eigenvalue weighted by molar-refractivity contribution is -0.140. The molecule has 2 rings (SSSR count). The summed E-state index contributed by atoms with van der Waals surface area (Å²) in [6.45, 7) is 0. The van der Waals surface area contributed by atoms with Crippen LogP contribution in [-0.4, -0.2) is 10.9 Å². The number of pyridine rings is 1. The van der Waals surface area contributed by atoms with Crippen molar-refractivity contribution in [2.24, 2.45) is 5.73 Å². The van der Waals surface area contributed by atoms with Crippen LogP contribution in [0.15, 0.2) is 35.1 Å². The third-order valence-corrected chi connectivity index (χ3v) is 2.89. The lowest BCUT2D eigenvalue weighted by atomic mass is 9.99. The summed E-state index contributed by atoms with van der Waals surface area (Å²) in [6.07, 6.45) is -4.84. The zero-order valence-corrected chi connectivity index (χ0v) is 10.9. The number of halogens is 3. The van der Waals surface area contributed by atoms with Gasteiger partial charge in [-0.2, -0.15) is 18.4 Å². The quantitative estimate of drug-likeness (QED) is 0.887. The standard InChI is InChI=1S/C14H8F3N3O2/c15-14(16,17)11-9(5-10(12(19)21)13(22)20-11)8-3-1-2-7(4-8)6-18/h1-5H,(H2,19,21)(H,20,22). The average molecular weight is 307 g/mol. The number of amides is 1. The molecule has 22 heavy (non-hydrogen) atoms. The molecular weight excluding hydrogens is 299 g/mol. The molecular formula is C14H8F3N3O2. The van der Waals surface area contributed by atoms with E-state index in [0.717, 1.165) is 6.07 Å². The van der Waals surface area contributed by atoms with E-state index in [9.17, 15) is 22.8 Å². The van der Waals surface area contributed by atoms with Crippen molar-refractivity contribution in [3.05, 3.63) is 57.5 Å². The van der Waals surface area contributed by atoms with Gasteiger partial charge in [0.25, 0.3) is 11.5 Å². The molecule has 2 aromatic rings. The van der Waals surface area contributed by atoms with Crippen molar-refractivity contribution in [2.75, 3.05) is 0 Å². The molecule has 1 heterocycles. The number of benzene rings is 1. The maximum absolute atomic E-state index is 13.1. The molecule has 0 saturated carbocycles. The van der Waals surface area contributed by atoms with Crippen LogP contribution in [0.5, 0.6) is 0 Å². The number of nitriles is 1.